The lowest BCUT2D eigenvalue weighted by Gasteiger charge is -2.28. The first-order valence-corrected chi connectivity index (χ1v) is 18.7. The van der Waals surface area contributed by atoms with Crippen LogP contribution in [0.2, 0.25) is 0 Å². The Bertz CT molecular complexity index is 2530. The second-order valence-electron chi connectivity index (χ2n) is 15.0. The fraction of sp³-hybridized carbons (Fsp3) is 0.0980. The normalized spacial score (nSPS) is 17.2. The van der Waals surface area contributed by atoms with Gasteiger partial charge in [0.1, 0.15) is 0 Å². The molecule has 2 aliphatic carbocycles. The van der Waals surface area contributed by atoms with Crippen LogP contribution in [-0.2, 0) is 5.41 Å². The summed E-state index contributed by atoms with van der Waals surface area (Å²) in [5.74, 6) is 0.298. The standard InChI is InChI=1S/C51H40N2/c1-51(2)47-19-11-9-17-43(47)44-31-30-42(34-48(44)51)52(39-15-7-4-8-16-39)40-26-23-37(24-27-40)38-25-32-50-46(33-38)45-18-10-12-20-49(45)53(50)41-28-21-36(22-29-41)35-13-5-3-6-14-35/h3-34,45,49H,1-2H3/t45-,49?/m1/s1. The molecule has 0 N–H and O–H groups in total. The van der Waals surface area contributed by atoms with Crippen LogP contribution < -0.4 is 9.80 Å². The van der Waals surface area contributed by atoms with Crippen LogP contribution in [0.4, 0.5) is 28.4 Å². The summed E-state index contributed by atoms with van der Waals surface area (Å²) in [6.07, 6.45) is 9.10. The number of nitrogens with zero attached hydrogens (tertiary/aromatic N) is 2. The Morgan fingerprint density at radius 1 is 0.472 bits per heavy atom. The van der Waals surface area contributed by atoms with Gasteiger partial charge >= 0.3 is 0 Å². The molecule has 254 valence electrons. The largest absolute Gasteiger partial charge is 0.333 e. The van der Waals surface area contributed by atoms with Crippen molar-refractivity contribution < 1.29 is 0 Å². The summed E-state index contributed by atoms with van der Waals surface area (Å²) in [6.45, 7) is 4.70. The summed E-state index contributed by atoms with van der Waals surface area (Å²) in [5.41, 5.74) is 17.6. The van der Waals surface area contributed by atoms with Gasteiger partial charge in [0.2, 0.25) is 0 Å². The maximum Gasteiger partial charge on any atom is 0.0629 e. The van der Waals surface area contributed by atoms with E-state index in [9.17, 15) is 0 Å². The van der Waals surface area contributed by atoms with E-state index in [0.29, 0.717) is 5.92 Å². The smallest absolute Gasteiger partial charge is 0.0629 e. The molecular formula is C51H40N2. The molecule has 53 heavy (non-hydrogen) atoms. The van der Waals surface area contributed by atoms with Crippen molar-refractivity contribution in [1.29, 1.82) is 0 Å². The van der Waals surface area contributed by atoms with Crippen LogP contribution in [0.5, 0.6) is 0 Å². The first-order chi connectivity index (χ1) is 26.0. The first-order valence-electron chi connectivity index (χ1n) is 18.7. The quantitative estimate of drug-likeness (QED) is 0.172. The molecule has 0 aromatic heterocycles. The third-order valence-electron chi connectivity index (χ3n) is 11.6. The molecule has 3 aliphatic rings. The zero-order valence-corrected chi connectivity index (χ0v) is 30.0. The van der Waals surface area contributed by atoms with Gasteiger partial charge in [0.15, 0.2) is 0 Å². The molecule has 0 spiro atoms. The highest BCUT2D eigenvalue weighted by Gasteiger charge is 2.38. The van der Waals surface area contributed by atoms with E-state index >= 15 is 0 Å². The predicted molar refractivity (Wildman–Crippen MR) is 223 cm³/mol. The third-order valence-corrected chi connectivity index (χ3v) is 11.6. The Balaban J connectivity index is 0.991. The van der Waals surface area contributed by atoms with Gasteiger partial charge in [0.25, 0.3) is 0 Å². The molecular weight excluding hydrogens is 641 g/mol. The van der Waals surface area contributed by atoms with Crippen molar-refractivity contribution in [3.8, 4) is 33.4 Å². The summed E-state index contributed by atoms with van der Waals surface area (Å²) in [7, 11) is 0. The number of benzene rings is 7. The van der Waals surface area contributed by atoms with Crippen LogP contribution in [0.3, 0.4) is 0 Å². The van der Waals surface area contributed by atoms with Gasteiger partial charge in [-0.25, -0.2) is 0 Å². The lowest BCUT2D eigenvalue weighted by atomic mass is 9.82. The molecule has 2 nitrogen and oxygen atoms in total. The van der Waals surface area contributed by atoms with Crippen molar-refractivity contribution in [2.75, 3.05) is 9.80 Å². The van der Waals surface area contributed by atoms with Crippen molar-refractivity contribution in [2.45, 2.75) is 31.2 Å². The number of allylic oxidation sites excluding steroid dienone is 2. The fourth-order valence-electron chi connectivity index (χ4n) is 8.93. The molecule has 0 radical (unpaired) electrons. The monoisotopic (exact) mass is 680 g/mol. The SMILES string of the molecule is CC1(C)c2ccccc2-c2ccc(N(c3ccccc3)c3ccc(-c4ccc5c(c4)[C@H]4C=CC=CC4N5c4ccc(-c5ccccc5)cc4)cc3)cc21. The molecule has 2 heteroatoms. The van der Waals surface area contributed by atoms with Gasteiger partial charge in [-0.05, 0) is 111 Å². The van der Waals surface area contributed by atoms with Gasteiger partial charge in [0, 0.05) is 39.8 Å². The van der Waals surface area contributed by atoms with Crippen LogP contribution in [0, 0.1) is 0 Å². The van der Waals surface area contributed by atoms with Crippen LogP contribution in [0.1, 0.15) is 36.5 Å². The Hall–Kier alpha value is -6.38. The molecule has 0 saturated carbocycles. The van der Waals surface area contributed by atoms with Crippen molar-refractivity contribution in [3.63, 3.8) is 0 Å². The lowest BCUT2D eigenvalue weighted by Crippen LogP contribution is -2.28. The molecule has 7 aromatic rings. The average molecular weight is 681 g/mol. The maximum atomic E-state index is 2.51. The zero-order chi connectivity index (χ0) is 35.5. The molecule has 1 heterocycles. The molecule has 1 unspecified atom stereocenters. The van der Waals surface area contributed by atoms with Gasteiger partial charge in [-0.1, -0.05) is 147 Å². The first kappa shape index (κ1) is 31.4. The molecule has 7 aromatic carbocycles. The minimum atomic E-state index is -0.0643. The molecule has 0 bridgehead atoms. The van der Waals surface area contributed by atoms with Gasteiger partial charge in [-0.3, -0.25) is 0 Å². The van der Waals surface area contributed by atoms with E-state index in [1.165, 1.54) is 67.1 Å². The second-order valence-corrected chi connectivity index (χ2v) is 15.0. The molecule has 1 aliphatic heterocycles. The number of hydrogen-bond donors (Lipinski definition) is 0. The van der Waals surface area contributed by atoms with Crippen LogP contribution >= 0.6 is 0 Å². The van der Waals surface area contributed by atoms with Crippen LogP contribution in [-0.4, -0.2) is 6.04 Å². The highest BCUT2D eigenvalue weighted by molar-refractivity contribution is 5.86. The molecule has 0 fully saturated rings. The highest BCUT2D eigenvalue weighted by Crippen LogP contribution is 2.51. The minimum Gasteiger partial charge on any atom is -0.333 e. The number of hydrogen-bond acceptors (Lipinski definition) is 2. The fourth-order valence-corrected chi connectivity index (χ4v) is 8.93. The molecule has 0 saturated heterocycles. The Morgan fingerprint density at radius 2 is 1.06 bits per heavy atom. The second kappa shape index (κ2) is 12.4. The van der Waals surface area contributed by atoms with Gasteiger partial charge in [-0.15, -0.1) is 0 Å². The summed E-state index contributed by atoms with van der Waals surface area (Å²) < 4.78 is 0. The topological polar surface area (TPSA) is 6.48 Å². The van der Waals surface area contributed by atoms with E-state index in [1.54, 1.807) is 0 Å². The van der Waals surface area contributed by atoms with Crippen LogP contribution in [0.25, 0.3) is 33.4 Å². The highest BCUT2D eigenvalue weighted by atomic mass is 15.2. The van der Waals surface area contributed by atoms with Gasteiger partial charge in [0.05, 0.1) is 6.04 Å². The maximum absolute atomic E-state index is 2.51. The summed E-state index contributed by atoms with van der Waals surface area (Å²) in [5, 5.41) is 0. The van der Waals surface area contributed by atoms with E-state index < -0.39 is 0 Å². The molecule has 2 atom stereocenters. The van der Waals surface area contributed by atoms with Gasteiger partial charge in [-0.2, -0.15) is 0 Å². The van der Waals surface area contributed by atoms with E-state index in [-0.39, 0.29) is 11.5 Å². The van der Waals surface area contributed by atoms with Crippen molar-refractivity contribution in [1.82, 2.24) is 0 Å². The predicted octanol–water partition coefficient (Wildman–Crippen LogP) is 13.5. The molecule has 0 amide bonds. The number of anilines is 5. The van der Waals surface area contributed by atoms with Crippen molar-refractivity contribution in [2.24, 2.45) is 0 Å². The van der Waals surface area contributed by atoms with E-state index in [2.05, 4.69) is 218 Å². The number of rotatable bonds is 6. The Kier molecular flexibility index (Phi) is 7.33. The summed E-state index contributed by atoms with van der Waals surface area (Å²) >= 11 is 0. The number of para-hydroxylation sites is 1. The Labute approximate surface area is 312 Å². The zero-order valence-electron chi connectivity index (χ0n) is 30.0. The lowest BCUT2D eigenvalue weighted by molar-refractivity contribution is 0.660. The van der Waals surface area contributed by atoms with E-state index in [4.69, 9.17) is 0 Å². The van der Waals surface area contributed by atoms with Gasteiger partial charge < -0.3 is 9.80 Å². The Morgan fingerprint density at radius 3 is 1.85 bits per heavy atom. The summed E-state index contributed by atoms with van der Waals surface area (Å²) in [4.78, 5) is 4.90. The van der Waals surface area contributed by atoms with Crippen molar-refractivity contribution >= 4 is 28.4 Å². The third kappa shape index (κ3) is 5.17. The van der Waals surface area contributed by atoms with E-state index in [1.807, 2.05) is 0 Å². The van der Waals surface area contributed by atoms with Crippen LogP contribution in [0.15, 0.2) is 194 Å². The van der Waals surface area contributed by atoms with E-state index in [0.717, 1.165) is 11.4 Å². The number of fused-ring (bicyclic) bond motifs is 6. The minimum absolute atomic E-state index is 0.0643. The average Bonchev–Trinajstić information content (AvgIpc) is 3.67. The molecule has 10 rings (SSSR count). The van der Waals surface area contributed by atoms with Crippen molar-refractivity contribution in [3.05, 3.63) is 211 Å². The summed E-state index contributed by atoms with van der Waals surface area (Å²) in [6, 6.07) is 62.6.